The molecule has 9 heteroatoms. The Morgan fingerprint density at radius 3 is 2.54 bits per heavy atom. The van der Waals surface area contributed by atoms with Crippen LogP contribution in [-0.2, 0) is 23.9 Å². The number of benzene rings is 1. The Hall–Kier alpha value is -2.91. The second-order valence-electron chi connectivity index (χ2n) is 11.1. The molecule has 2 bridgehead atoms. The van der Waals surface area contributed by atoms with Crippen LogP contribution < -0.4 is 9.64 Å². The van der Waals surface area contributed by atoms with E-state index >= 15 is 0 Å². The van der Waals surface area contributed by atoms with E-state index in [2.05, 4.69) is 6.58 Å². The Kier molecular flexibility index (Phi) is 8.71. The van der Waals surface area contributed by atoms with Crippen molar-refractivity contribution >= 4 is 23.5 Å². The lowest BCUT2D eigenvalue weighted by atomic mass is 9.62. The van der Waals surface area contributed by atoms with Crippen molar-refractivity contribution in [3.63, 3.8) is 0 Å². The number of esters is 1. The number of anilines is 1. The highest BCUT2D eigenvalue weighted by Gasteiger charge is 2.80. The van der Waals surface area contributed by atoms with Crippen LogP contribution in [0.2, 0.25) is 0 Å². The SMILES string of the molecule is C=CCN(C(=O)C1N(CCCCCCO)C(=O)[C@@H]2[C@H](C(=O)OCC)[C@@]3(C)OC12CC3C)c1ccc(OC)cc1. The first-order valence-electron chi connectivity index (χ1n) is 14.0. The highest BCUT2D eigenvalue weighted by atomic mass is 16.6. The fourth-order valence-corrected chi connectivity index (χ4v) is 6.96. The number of methoxy groups -OCH3 is 1. The molecule has 214 valence electrons. The predicted molar refractivity (Wildman–Crippen MR) is 146 cm³/mol. The van der Waals surface area contributed by atoms with Crippen molar-refractivity contribution in [3.05, 3.63) is 36.9 Å². The molecular formula is C30H42N2O7. The number of likely N-dealkylation sites (tertiary alicyclic amines) is 1. The Labute approximate surface area is 231 Å². The summed E-state index contributed by atoms with van der Waals surface area (Å²) >= 11 is 0. The molecule has 39 heavy (non-hydrogen) atoms. The van der Waals surface area contributed by atoms with E-state index < -0.39 is 35.0 Å². The van der Waals surface area contributed by atoms with Gasteiger partial charge in [-0.25, -0.2) is 0 Å². The lowest BCUT2D eigenvalue weighted by Gasteiger charge is -2.37. The average Bonchev–Trinajstić information content (AvgIpc) is 3.43. The summed E-state index contributed by atoms with van der Waals surface area (Å²) in [5.41, 5.74) is -1.37. The Bertz CT molecular complexity index is 1080. The number of ether oxygens (including phenoxy) is 3. The Balaban J connectivity index is 1.75. The van der Waals surface area contributed by atoms with Gasteiger partial charge >= 0.3 is 5.97 Å². The standard InChI is InChI=1S/C30H42N2O7/c1-6-16-31(21-12-14-22(37-5)15-13-21)27(35)25-30-19-20(3)29(4,39-30)24(28(36)38-7-2)23(30)26(34)32(25)17-10-8-9-11-18-33/h6,12-15,20,23-25,33H,1,7-11,16-19H2,2-5H3/t20?,23-,24+,25?,29-,30?/m0/s1. The number of nitrogens with zero attached hydrogens (tertiary/aromatic N) is 2. The lowest BCUT2D eigenvalue weighted by Crippen LogP contribution is -2.57. The molecule has 3 unspecified atom stereocenters. The van der Waals surface area contributed by atoms with E-state index in [1.165, 1.54) is 0 Å². The minimum atomic E-state index is -1.13. The molecular weight excluding hydrogens is 500 g/mol. The third kappa shape index (κ3) is 4.84. The maximum Gasteiger partial charge on any atom is 0.312 e. The smallest absolute Gasteiger partial charge is 0.312 e. The van der Waals surface area contributed by atoms with E-state index in [9.17, 15) is 14.4 Å². The van der Waals surface area contributed by atoms with Gasteiger partial charge in [-0.3, -0.25) is 14.4 Å². The van der Waals surface area contributed by atoms with Gasteiger partial charge in [-0.2, -0.15) is 0 Å². The fourth-order valence-electron chi connectivity index (χ4n) is 6.96. The summed E-state index contributed by atoms with van der Waals surface area (Å²) in [5, 5.41) is 9.15. The summed E-state index contributed by atoms with van der Waals surface area (Å²) < 4.78 is 17.5. The maximum absolute atomic E-state index is 14.5. The van der Waals surface area contributed by atoms with Gasteiger partial charge in [-0.1, -0.05) is 25.8 Å². The van der Waals surface area contributed by atoms with Crippen LogP contribution >= 0.6 is 0 Å². The molecule has 1 aromatic carbocycles. The van der Waals surface area contributed by atoms with Crippen molar-refractivity contribution in [2.45, 2.75) is 70.1 Å². The quantitative estimate of drug-likeness (QED) is 0.232. The predicted octanol–water partition coefficient (Wildman–Crippen LogP) is 3.34. The number of unbranched alkanes of at least 4 members (excludes halogenated alkanes) is 3. The normalized spacial score (nSPS) is 30.8. The first-order chi connectivity index (χ1) is 18.7. The number of carbonyl (C=O) groups is 3. The zero-order valence-electron chi connectivity index (χ0n) is 23.6. The molecule has 3 heterocycles. The van der Waals surface area contributed by atoms with Gasteiger partial charge in [-0.05, 0) is 63.3 Å². The number of amides is 2. The summed E-state index contributed by atoms with van der Waals surface area (Å²) in [6, 6.07) is 6.30. The third-order valence-corrected chi connectivity index (χ3v) is 8.86. The van der Waals surface area contributed by atoms with Gasteiger partial charge in [0.05, 0.1) is 25.2 Å². The monoisotopic (exact) mass is 542 g/mol. The van der Waals surface area contributed by atoms with E-state index in [1.807, 2.05) is 26.0 Å². The fraction of sp³-hybridized carbons (Fsp3) is 0.633. The summed E-state index contributed by atoms with van der Waals surface area (Å²) in [7, 11) is 1.58. The molecule has 0 radical (unpaired) electrons. The van der Waals surface area contributed by atoms with Gasteiger partial charge in [0.15, 0.2) is 0 Å². The molecule has 3 aliphatic rings. The van der Waals surface area contributed by atoms with Gasteiger partial charge in [0.1, 0.15) is 23.3 Å². The van der Waals surface area contributed by atoms with Crippen LogP contribution in [0.15, 0.2) is 36.9 Å². The van der Waals surface area contributed by atoms with Crippen molar-refractivity contribution in [2.24, 2.45) is 17.8 Å². The van der Waals surface area contributed by atoms with Crippen LogP contribution in [0.25, 0.3) is 0 Å². The van der Waals surface area contributed by atoms with Crippen LogP contribution in [0.3, 0.4) is 0 Å². The molecule has 2 amide bonds. The van der Waals surface area contributed by atoms with Crippen LogP contribution in [0.5, 0.6) is 5.75 Å². The largest absolute Gasteiger partial charge is 0.497 e. The van der Waals surface area contributed by atoms with Crippen LogP contribution in [0.1, 0.15) is 52.9 Å². The Morgan fingerprint density at radius 2 is 1.92 bits per heavy atom. The van der Waals surface area contributed by atoms with Crippen molar-refractivity contribution in [3.8, 4) is 5.75 Å². The number of hydrogen-bond donors (Lipinski definition) is 1. The number of aliphatic hydroxyl groups is 1. The molecule has 1 spiro atoms. The number of fused-ring (bicyclic) bond motifs is 1. The molecule has 0 saturated carbocycles. The van der Waals surface area contributed by atoms with Crippen molar-refractivity contribution < 1.29 is 33.7 Å². The molecule has 4 rings (SSSR count). The zero-order chi connectivity index (χ0) is 28.4. The van der Waals surface area contributed by atoms with E-state index in [0.717, 1.165) is 12.8 Å². The van der Waals surface area contributed by atoms with E-state index in [0.29, 0.717) is 37.2 Å². The number of carbonyl (C=O) groups excluding carboxylic acids is 3. The highest BCUT2D eigenvalue weighted by molar-refractivity contribution is 6.04. The maximum atomic E-state index is 14.5. The van der Waals surface area contributed by atoms with Crippen LogP contribution in [-0.4, -0.2) is 78.4 Å². The molecule has 0 aromatic heterocycles. The number of hydrogen-bond acceptors (Lipinski definition) is 7. The summed E-state index contributed by atoms with van der Waals surface area (Å²) in [6.45, 7) is 10.4. The van der Waals surface area contributed by atoms with Gasteiger partial charge < -0.3 is 29.1 Å². The first kappa shape index (κ1) is 29.1. The van der Waals surface area contributed by atoms with E-state index in [1.54, 1.807) is 42.0 Å². The van der Waals surface area contributed by atoms with Gasteiger partial charge in [0.2, 0.25) is 5.91 Å². The summed E-state index contributed by atoms with van der Waals surface area (Å²) in [4.78, 5) is 45.3. The van der Waals surface area contributed by atoms with E-state index in [-0.39, 0.29) is 37.5 Å². The molecule has 3 fully saturated rings. The topological polar surface area (TPSA) is 106 Å². The Morgan fingerprint density at radius 1 is 1.23 bits per heavy atom. The summed E-state index contributed by atoms with van der Waals surface area (Å²) in [6.07, 6.45) is 5.17. The molecule has 9 nitrogen and oxygen atoms in total. The van der Waals surface area contributed by atoms with Crippen molar-refractivity contribution in [2.75, 3.05) is 38.3 Å². The first-order valence-corrected chi connectivity index (χ1v) is 14.0. The minimum absolute atomic E-state index is 0.0513. The molecule has 3 aliphatic heterocycles. The van der Waals surface area contributed by atoms with Crippen molar-refractivity contribution in [1.29, 1.82) is 0 Å². The highest BCUT2D eigenvalue weighted by Crippen LogP contribution is 2.65. The third-order valence-electron chi connectivity index (χ3n) is 8.86. The second kappa shape index (κ2) is 11.7. The molecule has 6 atom stereocenters. The van der Waals surface area contributed by atoms with E-state index in [4.69, 9.17) is 19.3 Å². The molecule has 1 N–H and O–H groups in total. The van der Waals surface area contributed by atoms with Gasteiger partial charge in [0, 0.05) is 25.4 Å². The number of rotatable bonds is 13. The van der Waals surface area contributed by atoms with Crippen LogP contribution in [0.4, 0.5) is 5.69 Å². The van der Waals surface area contributed by atoms with Gasteiger partial charge in [-0.15, -0.1) is 6.58 Å². The van der Waals surface area contributed by atoms with Gasteiger partial charge in [0.25, 0.3) is 5.91 Å². The average molecular weight is 543 g/mol. The molecule has 1 aromatic rings. The zero-order valence-corrected chi connectivity index (χ0v) is 23.6. The van der Waals surface area contributed by atoms with Crippen LogP contribution in [0, 0.1) is 17.8 Å². The number of aliphatic hydroxyl groups excluding tert-OH is 1. The summed E-state index contributed by atoms with van der Waals surface area (Å²) in [5.74, 6) is -1.88. The van der Waals surface area contributed by atoms with Crippen molar-refractivity contribution in [1.82, 2.24) is 4.90 Å². The minimum Gasteiger partial charge on any atom is -0.497 e. The second-order valence-corrected chi connectivity index (χ2v) is 11.1. The molecule has 0 aliphatic carbocycles. The lowest BCUT2D eigenvalue weighted by molar-refractivity contribution is -0.161. The molecule has 3 saturated heterocycles.